The van der Waals surface area contributed by atoms with Crippen molar-refractivity contribution in [3.63, 3.8) is 0 Å². The molecule has 3 nitrogen and oxygen atoms in total. The fourth-order valence-electron chi connectivity index (χ4n) is 1.48. The lowest BCUT2D eigenvalue weighted by atomic mass is 10.2. The minimum atomic E-state index is -0.427. The van der Waals surface area contributed by atoms with Crippen LogP contribution in [0.2, 0.25) is 5.02 Å². The van der Waals surface area contributed by atoms with Gasteiger partial charge in [0.25, 0.3) is 0 Å². The average Bonchev–Trinajstić information content (AvgIpc) is 2.32. The van der Waals surface area contributed by atoms with Crippen LogP contribution in [0.5, 0.6) is 5.95 Å². The number of benzene rings is 1. The van der Waals surface area contributed by atoms with Gasteiger partial charge < -0.3 is 9.15 Å². The van der Waals surface area contributed by atoms with Gasteiger partial charge >= 0.3 is 11.6 Å². The molecule has 1 aromatic carbocycles. The van der Waals surface area contributed by atoms with Crippen molar-refractivity contribution in [3.05, 3.63) is 39.7 Å². The Kier molecular flexibility index (Phi) is 3.38. The molecular weight excluding hydrogens is 240 g/mol. The Balaban J connectivity index is 2.51. The number of ether oxygens (including phenoxy) is 1. The van der Waals surface area contributed by atoms with Gasteiger partial charge in [0.2, 0.25) is 0 Å². The predicted molar refractivity (Wildman–Crippen MR) is 67.8 cm³/mol. The van der Waals surface area contributed by atoms with Crippen molar-refractivity contribution in [2.24, 2.45) is 5.92 Å². The second kappa shape index (κ2) is 4.80. The molecule has 0 aliphatic heterocycles. The van der Waals surface area contributed by atoms with E-state index in [2.05, 4.69) is 0 Å². The summed E-state index contributed by atoms with van der Waals surface area (Å²) in [6, 6.07) is 7.04. The third-order valence-corrected chi connectivity index (χ3v) is 2.65. The summed E-state index contributed by atoms with van der Waals surface area (Å²) in [4.78, 5) is 11.7. The van der Waals surface area contributed by atoms with Crippen LogP contribution in [0, 0.1) is 5.92 Å². The number of hydrogen-bond donors (Lipinski definition) is 0. The Morgan fingerprint density at radius 3 is 2.59 bits per heavy atom. The van der Waals surface area contributed by atoms with Crippen molar-refractivity contribution < 1.29 is 9.15 Å². The fraction of sp³-hybridized carbons (Fsp3) is 0.308. The highest BCUT2D eigenvalue weighted by molar-refractivity contribution is 6.36. The van der Waals surface area contributed by atoms with E-state index in [1.165, 1.54) is 0 Å². The van der Waals surface area contributed by atoms with E-state index in [4.69, 9.17) is 20.8 Å². The van der Waals surface area contributed by atoms with Crippen LogP contribution in [0.3, 0.4) is 0 Å². The molecule has 1 heterocycles. The van der Waals surface area contributed by atoms with Crippen LogP contribution in [0.15, 0.2) is 33.5 Å². The third kappa shape index (κ3) is 2.44. The maximum Gasteiger partial charge on any atom is 0.346 e. The first kappa shape index (κ1) is 12.0. The number of halogens is 1. The topological polar surface area (TPSA) is 39.4 Å². The van der Waals surface area contributed by atoms with Crippen LogP contribution < -0.4 is 10.4 Å². The van der Waals surface area contributed by atoms with E-state index >= 15 is 0 Å². The molecule has 2 rings (SSSR count). The minimum absolute atomic E-state index is 0.101. The molecule has 0 bridgehead atoms. The van der Waals surface area contributed by atoms with Crippen molar-refractivity contribution in [1.29, 1.82) is 0 Å². The van der Waals surface area contributed by atoms with Crippen molar-refractivity contribution in [2.45, 2.75) is 13.8 Å². The van der Waals surface area contributed by atoms with Gasteiger partial charge in [0.1, 0.15) is 5.02 Å². The van der Waals surface area contributed by atoms with Crippen molar-refractivity contribution in [1.82, 2.24) is 0 Å². The van der Waals surface area contributed by atoms with E-state index in [1.807, 2.05) is 19.9 Å². The second-order valence-corrected chi connectivity index (χ2v) is 4.62. The van der Waals surface area contributed by atoms with Crippen LogP contribution in [0.1, 0.15) is 13.8 Å². The predicted octanol–water partition coefficient (Wildman–Crippen LogP) is 3.48. The molecule has 4 heteroatoms. The zero-order chi connectivity index (χ0) is 12.4. The van der Waals surface area contributed by atoms with Gasteiger partial charge in [-0.2, -0.15) is 0 Å². The summed E-state index contributed by atoms with van der Waals surface area (Å²) >= 11 is 6.14. The third-order valence-electron chi connectivity index (χ3n) is 2.30. The lowest BCUT2D eigenvalue weighted by molar-refractivity contribution is 0.204. The molecule has 2 aromatic rings. The van der Waals surface area contributed by atoms with Crippen LogP contribution in [0.25, 0.3) is 10.8 Å². The fourth-order valence-corrected chi connectivity index (χ4v) is 1.74. The Hall–Kier alpha value is -1.48. The quantitative estimate of drug-likeness (QED) is 0.840. The number of fused-ring (bicyclic) bond motifs is 1. The Labute approximate surface area is 104 Å². The maximum absolute atomic E-state index is 11.7. The molecule has 1 aromatic heterocycles. The Bertz CT molecular complexity index is 587. The van der Waals surface area contributed by atoms with Gasteiger partial charge in [-0.1, -0.05) is 43.6 Å². The molecule has 0 aliphatic rings. The lowest BCUT2D eigenvalue weighted by Gasteiger charge is -2.09. The zero-order valence-electron chi connectivity index (χ0n) is 9.70. The summed E-state index contributed by atoms with van der Waals surface area (Å²) < 4.78 is 10.5. The molecule has 0 radical (unpaired) electrons. The molecule has 0 amide bonds. The summed E-state index contributed by atoms with van der Waals surface area (Å²) in [5, 5.41) is 1.47. The monoisotopic (exact) mass is 252 g/mol. The molecule has 0 spiro atoms. The summed E-state index contributed by atoms with van der Waals surface area (Å²) in [7, 11) is 0. The van der Waals surface area contributed by atoms with E-state index in [0.717, 1.165) is 0 Å². The van der Waals surface area contributed by atoms with Gasteiger partial charge in [-0.05, 0) is 12.0 Å². The first-order valence-electron chi connectivity index (χ1n) is 5.43. The van der Waals surface area contributed by atoms with E-state index in [-0.39, 0.29) is 5.95 Å². The minimum Gasteiger partial charge on any atom is -0.464 e. The van der Waals surface area contributed by atoms with Gasteiger partial charge in [0, 0.05) is 5.39 Å². The molecule has 17 heavy (non-hydrogen) atoms. The molecule has 0 N–H and O–H groups in total. The number of hydrogen-bond acceptors (Lipinski definition) is 3. The first-order chi connectivity index (χ1) is 8.09. The first-order valence-corrected chi connectivity index (χ1v) is 5.81. The number of rotatable bonds is 3. The van der Waals surface area contributed by atoms with Crippen LogP contribution in [0.4, 0.5) is 0 Å². The molecular formula is C13H13ClO3. The van der Waals surface area contributed by atoms with E-state index in [1.54, 1.807) is 18.2 Å². The summed E-state index contributed by atoms with van der Waals surface area (Å²) in [5.74, 6) is 0.437. The van der Waals surface area contributed by atoms with E-state index in [0.29, 0.717) is 28.3 Å². The lowest BCUT2D eigenvalue weighted by Crippen LogP contribution is -2.08. The van der Waals surface area contributed by atoms with Crippen LogP contribution in [-0.4, -0.2) is 6.61 Å². The van der Waals surface area contributed by atoms with Crippen molar-refractivity contribution in [3.8, 4) is 5.95 Å². The second-order valence-electron chi connectivity index (χ2n) is 4.24. The standard InChI is InChI=1S/C13H13ClO3/c1-8(2)7-16-13-11(14)9-5-3-4-6-10(9)12(15)17-13/h3-6,8H,7H2,1-2H3. The molecule has 0 atom stereocenters. The van der Waals surface area contributed by atoms with Gasteiger partial charge in [0.05, 0.1) is 12.0 Å². The van der Waals surface area contributed by atoms with E-state index in [9.17, 15) is 4.79 Å². The van der Waals surface area contributed by atoms with Gasteiger partial charge in [-0.15, -0.1) is 0 Å². The summed E-state index contributed by atoms with van der Waals surface area (Å²) in [6.45, 7) is 4.47. The summed E-state index contributed by atoms with van der Waals surface area (Å²) in [5.41, 5.74) is -0.427. The van der Waals surface area contributed by atoms with Gasteiger partial charge in [-0.25, -0.2) is 4.79 Å². The molecule has 90 valence electrons. The van der Waals surface area contributed by atoms with Gasteiger partial charge in [0.15, 0.2) is 0 Å². The van der Waals surface area contributed by atoms with Crippen LogP contribution >= 0.6 is 11.6 Å². The Morgan fingerprint density at radius 1 is 1.29 bits per heavy atom. The molecule has 0 fully saturated rings. The highest BCUT2D eigenvalue weighted by Gasteiger charge is 2.13. The normalized spacial score (nSPS) is 11.1. The molecule has 0 aliphatic carbocycles. The molecule has 0 unspecified atom stereocenters. The molecule has 0 saturated carbocycles. The largest absolute Gasteiger partial charge is 0.464 e. The van der Waals surface area contributed by atoms with E-state index < -0.39 is 5.63 Å². The molecule has 0 saturated heterocycles. The van der Waals surface area contributed by atoms with Crippen molar-refractivity contribution >= 4 is 22.4 Å². The highest BCUT2D eigenvalue weighted by Crippen LogP contribution is 2.30. The van der Waals surface area contributed by atoms with Crippen molar-refractivity contribution in [2.75, 3.05) is 6.61 Å². The Morgan fingerprint density at radius 2 is 1.94 bits per heavy atom. The zero-order valence-corrected chi connectivity index (χ0v) is 10.5. The van der Waals surface area contributed by atoms with Crippen LogP contribution in [-0.2, 0) is 0 Å². The smallest absolute Gasteiger partial charge is 0.346 e. The average molecular weight is 253 g/mol. The highest BCUT2D eigenvalue weighted by atomic mass is 35.5. The van der Waals surface area contributed by atoms with Gasteiger partial charge in [-0.3, -0.25) is 0 Å². The maximum atomic E-state index is 11.7. The summed E-state index contributed by atoms with van der Waals surface area (Å²) in [6.07, 6.45) is 0. The SMILES string of the molecule is CC(C)COc1oc(=O)c2ccccc2c1Cl.